The molecule has 0 saturated carbocycles. The van der Waals surface area contributed by atoms with Crippen molar-refractivity contribution in [1.82, 2.24) is 10.4 Å². The molecule has 2 aromatic rings. The van der Waals surface area contributed by atoms with Crippen molar-refractivity contribution in [1.29, 1.82) is 0 Å². The third-order valence-electron chi connectivity index (χ3n) is 2.66. The van der Waals surface area contributed by atoms with Gasteiger partial charge >= 0.3 is 0 Å². The Morgan fingerprint density at radius 3 is 2.65 bits per heavy atom. The van der Waals surface area contributed by atoms with Gasteiger partial charge in [-0.2, -0.15) is 5.10 Å². The number of hydrogen-bond donors (Lipinski definition) is 1. The molecule has 0 fully saturated rings. The summed E-state index contributed by atoms with van der Waals surface area (Å²) in [7, 11) is 0. The average molecular weight is 271 g/mol. The Balaban J connectivity index is 1.93. The first-order valence-corrected chi connectivity index (χ1v) is 6.14. The molecule has 1 aromatic heterocycles. The Morgan fingerprint density at radius 2 is 2.00 bits per heavy atom. The summed E-state index contributed by atoms with van der Waals surface area (Å²) in [5, 5.41) is 3.99. The van der Waals surface area contributed by atoms with Gasteiger partial charge in [0.25, 0.3) is 0 Å². The zero-order valence-corrected chi connectivity index (χ0v) is 11.0. The lowest BCUT2D eigenvalue weighted by Gasteiger charge is -2.02. The van der Waals surface area contributed by atoms with E-state index >= 15 is 0 Å². The van der Waals surface area contributed by atoms with E-state index in [2.05, 4.69) is 15.5 Å². The molecular weight excluding hydrogens is 257 g/mol. The van der Waals surface area contributed by atoms with Gasteiger partial charge in [-0.05, 0) is 36.8 Å². The summed E-state index contributed by atoms with van der Waals surface area (Å²) in [5.74, 6) is -0.579. The van der Waals surface area contributed by atoms with Gasteiger partial charge in [0.05, 0.1) is 17.8 Å². The van der Waals surface area contributed by atoms with Crippen LogP contribution in [-0.2, 0) is 11.2 Å². The third kappa shape index (κ3) is 3.98. The smallest absolute Gasteiger partial charge is 0.244 e. The molecule has 4 nitrogen and oxygen atoms in total. The van der Waals surface area contributed by atoms with Crippen molar-refractivity contribution in [3.8, 4) is 0 Å². The summed E-state index contributed by atoms with van der Waals surface area (Å²) in [5.41, 5.74) is 4.52. The van der Waals surface area contributed by atoms with Crippen LogP contribution in [0.4, 0.5) is 4.39 Å². The number of benzene rings is 1. The Labute approximate surface area is 116 Å². The van der Waals surface area contributed by atoms with Gasteiger partial charge in [0.15, 0.2) is 0 Å². The molecule has 102 valence electrons. The van der Waals surface area contributed by atoms with Crippen LogP contribution in [0.3, 0.4) is 0 Å². The van der Waals surface area contributed by atoms with Crippen molar-refractivity contribution < 1.29 is 9.18 Å². The number of nitrogens with one attached hydrogen (secondary N) is 1. The van der Waals surface area contributed by atoms with E-state index in [1.807, 2.05) is 18.2 Å². The van der Waals surface area contributed by atoms with Gasteiger partial charge in [0, 0.05) is 6.20 Å². The molecule has 20 heavy (non-hydrogen) atoms. The maximum Gasteiger partial charge on any atom is 0.244 e. The zero-order chi connectivity index (χ0) is 14.4. The molecule has 1 aromatic carbocycles. The fourth-order valence-corrected chi connectivity index (χ4v) is 1.61. The Morgan fingerprint density at radius 1 is 1.25 bits per heavy atom. The lowest BCUT2D eigenvalue weighted by molar-refractivity contribution is -0.120. The van der Waals surface area contributed by atoms with Gasteiger partial charge in [-0.3, -0.25) is 9.78 Å². The Kier molecular flexibility index (Phi) is 4.55. The Hall–Kier alpha value is -2.56. The Bertz CT molecular complexity index is 609. The minimum absolute atomic E-state index is 0.152. The van der Waals surface area contributed by atoms with E-state index < -0.39 is 0 Å². The first kappa shape index (κ1) is 13.9. The molecule has 0 spiro atoms. The average Bonchev–Trinajstić information content (AvgIpc) is 2.48. The van der Waals surface area contributed by atoms with E-state index in [-0.39, 0.29) is 18.1 Å². The standard InChI is InChI=1S/C15H14FN3O/c1-11(14-4-2-3-9-17-14)18-19-15(20)10-12-5-7-13(16)8-6-12/h2-9H,10H2,1H3,(H,19,20)/b18-11-. The van der Waals surface area contributed by atoms with Crippen molar-refractivity contribution in [2.45, 2.75) is 13.3 Å². The fraction of sp³-hybridized carbons (Fsp3) is 0.133. The minimum Gasteiger partial charge on any atom is -0.273 e. The quantitative estimate of drug-likeness (QED) is 0.685. The molecule has 5 heteroatoms. The number of nitrogens with zero attached hydrogens (tertiary/aromatic N) is 2. The van der Waals surface area contributed by atoms with E-state index in [4.69, 9.17) is 0 Å². The van der Waals surface area contributed by atoms with Crippen LogP contribution in [0.15, 0.2) is 53.8 Å². The monoisotopic (exact) mass is 271 g/mol. The number of carbonyl (C=O) groups excluding carboxylic acids is 1. The highest BCUT2D eigenvalue weighted by Crippen LogP contribution is 2.03. The molecular formula is C15H14FN3O. The highest BCUT2D eigenvalue weighted by Gasteiger charge is 2.03. The highest BCUT2D eigenvalue weighted by atomic mass is 19.1. The molecule has 0 aliphatic carbocycles. The molecule has 1 heterocycles. The minimum atomic E-state index is -0.321. The largest absolute Gasteiger partial charge is 0.273 e. The van der Waals surface area contributed by atoms with Crippen LogP contribution < -0.4 is 5.43 Å². The van der Waals surface area contributed by atoms with Crippen LogP contribution in [0, 0.1) is 5.82 Å². The number of amides is 1. The van der Waals surface area contributed by atoms with Crippen molar-refractivity contribution in [3.63, 3.8) is 0 Å². The summed E-state index contributed by atoms with van der Waals surface area (Å²) < 4.78 is 12.7. The molecule has 1 N–H and O–H groups in total. The van der Waals surface area contributed by atoms with E-state index in [0.29, 0.717) is 11.4 Å². The summed E-state index contributed by atoms with van der Waals surface area (Å²) in [6.07, 6.45) is 1.81. The molecule has 0 atom stereocenters. The molecule has 0 saturated heterocycles. The SMILES string of the molecule is C/C(=N/NC(=O)Cc1ccc(F)cc1)c1ccccn1. The maximum atomic E-state index is 12.7. The molecule has 0 radical (unpaired) electrons. The predicted molar refractivity (Wildman–Crippen MR) is 74.7 cm³/mol. The lowest BCUT2D eigenvalue weighted by atomic mass is 10.1. The number of hydrogen-bond acceptors (Lipinski definition) is 3. The van der Waals surface area contributed by atoms with Crippen molar-refractivity contribution in [3.05, 3.63) is 65.7 Å². The molecule has 0 unspecified atom stereocenters. The zero-order valence-electron chi connectivity index (χ0n) is 11.0. The molecule has 0 bridgehead atoms. The second-order valence-electron chi connectivity index (χ2n) is 4.25. The number of rotatable bonds is 4. The number of pyridine rings is 1. The maximum absolute atomic E-state index is 12.7. The fourth-order valence-electron chi connectivity index (χ4n) is 1.61. The van der Waals surface area contributed by atoms with Gasteiger partial charge in [-0.1, -0.05) is 18.2 Å². The van der Waals surface area contributed by atoms with Gasteiger partial charge in [-0.25, -0.2) is 9.82 Å². The van der Waals surface area contributed by atoms with E-state index in [1.54, 1.807) is 25.3 Å². The topological polar surface area (TPSA) is 54.4 Å². The third-order valence-corrected chi connectivity index (χ3v) is 2.66. The van der Waals surface area contributed by atoms with Crippen LogP contribution in [0.1, 0.15) is 18.2 Å². The van der Waals surface area contributed by atoms with Crippen molar-refractivity contribution >= 4 is 11.6 Å². The molecule has 0 aliphatic heterocycles. The van der Waals surface area contributed by atoms with Gasteiger partial charge < -0.3 is 0 Å². The molecule has 0 aliphatic rings. The predicted octanol–water partition coefficient (Wildman–Crippen LogP) is 2.30. The van der Waals surface area contributed by atoms with Crippen LogP contribution in [0.25, 0.3) is 0 Å². The first-order chi connectivity index (χ1) is 9.65. The lowest BCUT2D eigenvalue weighted by Crippen LogP contribution is -2.21. The normalized spacial score (nSPS) is 11.2. The van der Waals surface area contributed by atoms with Crippen LogP contribution in [0.2, 0.25) is 0 Å². The number of hydrazone groups is 1. The number of halogens is 1. The second-order valence-corrected chi connectivity index (χ2v) is 4.25. The van der Waals surface area contributed by atoms with E-state index in [1.165, 1.54) is 12.1 Å². The van der Waals surface area contributed by atoms with Crippen molar-refractivity contribution in [2.75, 3.05) is 0 Å². The second kappa shape index (κ2) is 6.56. The summed E-state index contributed by atoms with van der Waals surface area (Å²) in [6, 6.07) is 11.3. The number of carbonyl (C=O) groups is 1. The van der Waals surface area contributed by atoms with Crippen molar-refractivity contribution in [2.24, 2.45) is 5.10 Å². The van der Waals surface area contributed by atoms with Crippen LogP contribution >= 0.6 is 0 Å². The summed E-state index contributed by atoms with van der Waals surface area (Å²) in [4.78, 5) is 15.8. The molecule has 1 amide bonds. The van der Waals surface area contributed by atoms with Gasteiger partial charge in [0.2, 0.25) is 5.91 Å². The number of aromatic nitrogens is 1. The van der Waals surface area contributed by atoms with Gasteiger partial charge in [0.1, 0.15) is 5.82 Å². The summed E-state index contributed by atoms with van der Waals surface area (Å²) >= 11 is 0. The molecule has 2 rings (SSSR count). The van der Waals surface area contributed by atoms with Gasteiger partial charge in [-0.15, -0.1) is 0 Å². The first-order valence-electron chi connectivity index (χ1n) is 6.14. The van der Waals surface area contributed by atoms with E-state index in [0.717, 1.165) is 5.56 Å². The van der Waals surface area contributed by atoms with Crippen LogP contribution in [-0.4, -0.2) is 16.6 Å². The van der Waals surface area contributed by atoms with Crippen LogP contribution in [0.5, 0.6) is 0 Å². The summed E-state index contributed by atoms with van der Waals surface area (Å²) in [6.45, 7) is 1.76. The highest BCUT2D eigenvalue weighted by molar-refractivity contribution is 5.97. The van der Waals surface area contributed by atoms with E-state index in [9.17, 15) is 9.18 Å².